The molecule has 0 bridgehead atoms. The fraction of sp³-hybridized carbons (Fsp3) is 0.294. The molecule has 2 N–H and O–H groups in total. The number of carbonyl (C=O) groups is 2. The number of fused-ring (bicyclic) bond motifs is 1. The molecule has 0 fully saturated rings. The van der Waals surface area contributed by atoms with Crippen LogP contribution in [0.25, 0.3) is 0 Å². The topological polar surface area (TPSA) is 66.4 Å². The second-order valence-electron chi connectivity index (χ2n) is 5.44. The third-order valence-electron chi connectivity index (χ3n) is 3.96. The van der Waals surface area contributed by atoms with Gasteiger partial charge in [-0.2, -0.15) is 0 Å². The van der Waals surface area contributed by atoms with Crippen molar-refractivity contribution in [1.82, 2.24) is 5.32 Å². The zero-order chi connectivity index (χ0) is 15.5. The summed E-state index contributed by atoms with van der Waals surface area (Å²) in [6, 6.07) is 6.56. The summed E-state index contributed by atoms with van der Waals surface area (Å²) < 4.78 is 0. The van der Waals surface area contributed by atoms with Gasteiger partial charge in [-0.25, -0.2) is 4.79 Å². The molecule has 4 nitrogen and oxygen atoms in total. The molecule has 3 rings (SSSR count). The van der Waals surface area contributed by atoms with Gasteiger partial charge in [-0.05, 0) is 48.9 Å². The number of rotatable bonds is 4. The van der Waals surface area contributed by atoms with Crippen molar-refractivity contribution in [3.8, 4) is 0 Å². The predicted octanol–water partition coefficient (Wildman–Crippen LogP) is 3.26. The summed E-state index contributed by atoms with van der Waals surface area (Å²) in [6.07, 6.45) is 4.45. The monoisotopic (exact) mass is 315 g/mol. The van der Waals surface area contributed by atoms with E-state index in [4.69, 9.17) is 5.11 Å². The van der Waals surface area contributed by atoms with Gasteiger partial charge in [0.1, 0.15) is 0 Å². The number of hydrogen-bond donors (Lipinski definition) is 2. The Labute approximate surface area is 132 Å². The number of benzene rings is 1. The van der Waals surface area contributed by atoms with Crippen LogP contribution in [-0.2, 0) is 19.4 Å². The Morgan fingerprint density at radius 3 is 2.59 bits per heavy atom. The summed E-state index contributed by atoms with van der Waals surface area (Å²) in [5.41, 5.74) is 3.17. The van der Waals surface area contributed by atoms with Crippen molar-refractivity contribution in [2.75, 3.05) is 0 Å². The lowest BCUT2D eigenvalue weighted by molar-refractivity contribution is 0.0696. The number of aryl methyl sites for hydroxylation is 1. The van der Waals surface area contributed by atoms with Crippen molar-refractivity contribution in [3.63, 3.8) is 0 Å². The van der Waals surface area contributed by atoms with Gasteiger partial charge in [0.25, 0.3) is 5.91 Å². The molecule has 5 heteroatoms. The first kappa shape index (κ1) is 14.8. The molecule has 0 spiro atoms. The first-order valence-corrected chi connectivity index (χ1v) is 8.23. The first-order valence-electron chi connectivity index (χ1n) is 7.35. The van der Waals surface area contributed by atoms with Crippen LogP contribution in [0.2, 0.25) is 0 Å². The van der Waals surface area contributed by atoms with Crippen LogP contribution in [0.1, 0.15) is 49.6 Å². The average Bonchev–Trinajstić information content (AvgIpc) is 2.97. The Bertz CT molecular complexity index is 703. The molecule has 22 heavy (non-hydrogen) atoms. The van der Waals surface area contributed by atoms with Gasteiger partial charge in [-0.3, -0.25) is 4.79 Å². The van der Waals surface area contributed by atoms with Gasteiger partial charge in [0.15, 0.2) is 0 Å². The Hall–Kier alpha value is -2.14. The van der Waals surface area contributed by atoms with Crippen molar-refractivity contribution in [1.29, 1.82) is 0 Å². The molecular formula is C17H17NO3S. The Morgan fingerprint density at radius 1 is 1.14 bits per heavy atom. The molecule has 1 aliphatic rings. The number of thiophene rings is 1. The quantitative estimate of drug-likeness (QED) is 0.910. The highest BCUT2D eigenvalue weighted by Crippen LogP contribution is 2.30. The molecular weight excluding hydrogens is 298 g/mol. The van der Waals surface area contributed by atoms with Crippen LogP contribution in [0.15, 0.2) is 29.6 Å². The fourth-order valence-corrected chi connectivity index (χ4v) is 3.85. The van der Waals surface area contributed by atoms with E-state index in [1.54, 1.807) is 35.6 Å². The Balaban J connectivity index is 1.65. The molecule has 0 unspecified atom stereocenters. The van der Waals surface area contributed by atoms with Crippen molar-refractivity contribution < 1.29 is 14.7 Å². The van der Waals surface area contributed by atoms with E-state index >= 15 is 0 Å². The van der Waals surface area contributed by atoms with Crippen LogP contribution in [-0.4, -0.2) is 17.0 Å². The molecule has 1 amide bonds. The third kappa shape index (κ3) is 3.04. The molecule has 0 saturated heterocycles. The van der Waals surface area contributed by atoms with Gasteiger partial charge in [0.2, 0.25) is 0 Å². The first-order chi connectivity index (χ1) is 10.6. The second kappa shape index (κ2) is 6.32. The lowest BCUT2D eigenvalue weighted by atomic mass is 9.95. The number of hydrogen-bond acceptors (Lipinski definition) is 3. The summed E-state index contributed by atoms with van der Waals surface area (Å²) in [6.45, 7) is 0.406. The smallest absolute Gasteiger partial charge is 0.335 e. The molecule has 1 aromatic carbocycles. The van der Waals surface area contributed by atoms with Crippen molar-refractivity contribution in [3.05, 3.63) is 56.8 Å². The van der Waals surface area contributed by atoms with E-state index in [9.17, 15) is 9.59 Å². The van der Waals surface area contributed by atoms with Crippen LogP contribution in [0.3, 0.4) is 0 Å². The van der Waals surface area contributed by atoms with E-state index in [1.165, 1.54) is 16.9 Å². The summed E-state index contributed by atoms with van der Waals surface area (Å²) in [5.74, 6) is -0.984. The molecule has 0 saturated carbocycles. The minimum absolute atomic E-state index is 0.0401. The van der Waals surface area contributed by atoms with E-state index in [1.807, 2.05) is 5.38 Å². The minimum Gasteiger partial charge on any atom is -0.478 e. The van der Waals surface area contributed by atoms with Gasteiger partial charge >= 0.3 is 5.97 Å². The molecule has 2 aromatic rings. The number of carboxylic acids is 1. The molecule has 1 aromatic heterocycles. The SMILES string of the molecule is O=C(O)c1ccc(CNC(=O)c2csc3c2CCCC3)cc1. The largest absolute Gasteiger partial charge is 0.478 e. The number of nitrogens with one attached hydrogen (secondary N) is 1. The number of carbonyl (C=O) groups excluding carboxylic acids is 1. The van der Waals surface area contributed by atoms with Crippen molar-refractivity contribution in [2.45, 2.75) is 32.2 Å². The second-order valence-corrected chi connectivity index (χ2v) is 6.41. The van der Waals surface area contributed by atoms with Crippen LogP contribution < -0.4 is 5.32 Å². The average molecular weight is 315 g/mol. The number of carboxylic acid groups (broad SMARTS) is 1. The molecule has 1 aliphatic carbocycles. The summed E-state index contributed by atoms with van der Waals surface area (Å²) in [4.78, 5) is 24.5. The lowest BCUT2D eigenvalue weighted by Crippen LogP contribution is -2.23. The maximum absolute atomic E-state index is 12.3. The highest BCUT2D eigenvalue weighted by atomic mass is 32.1. The zero-order valence-corrected chi connectivity index (χ0v) is 12.9. The fourth-order valence-electron chi connectivity index (χ4n) is 2.73. The third-order valence-corrected chi connectivity index (χ3v) is 5.05. The summed E-state index contributed by atoms with van der Waals surface area (Å²) in [7, 11) is 0. The van der Waals surface area contributed by atoms with E-state index in [-0.39, 0.29) is 11.5 Å². The molecule has 0 radical (unpaired) electrons. The molecule has 114 valence electrons. The Morgan fingerprint density at radius 2 is 1.86 bits per heavy atom. The Kier molecular flexibility index (Phi) is 4.24. The van der Waals surface area contributed by atoms with E-state index in [0.717, 1.165) is 30.4 Å². The number of amides is 1. The standard InChI is InChI=1S/C17H17NO3S/c19-16(14-10-22-15-4-2-1-3-13(14)15)18-9-11-5-7-12(8-6-11)17(20)21/h5-8,10H,1-4,9H2,(H,18,19)(H,20,21). The highest BCUT2D eigenvalue weighted by Gasteiger charge is 2.19. The lowest BCUT2D eigenvalue weighted by Gasteiger charge is -2.12. The summed E-state index contributed by atoms with van der Waals surface area (Å²) in [5, 5.41) is 13.7. The zero-order valence-electron chi connectivity index (χ0n) is 12.1. The molecule has 0 aliphatic heterocycles. The molecule has 1 heterocycles. The maximum atomic E-state index is 12.3. The van der Waals surface area contributed by atoms with E-state index < -0.39 is 5.97 Å². The maximum Gasteiger partial charge on any atom is 0.335 e. The normalized spacial score (nSPS) is 13.5. The van der Waals surface area contributed by atoms with Gasteiger partial charge in [-0.15, -0.1) is 11.3 Å². The van der Waals surface area contributed by atoms with Gasteiger partial charge in [-0.1, -0.05) is 12.1 Å². The van der Waals surface area contributed by atoms with Crippen LogP contribution in [0.5, 0.6) is 0 Å². The van der Waals surface area contributed by atoms with E-state index in [0.29, 0.717) is 6.54 Å². The van der Waals surface area contributed by atoms with Crippen LogP contribution in [0, 0.1) is 0 Å². The van der Waals surface area contributed by atoms with Crippen molar-refractivity contribution >= 4 is 23.2 Å². The van der Waals surface area contributed by atoms with Crippen LogP contribution in [0.4, 0.5) is 0 Å². The summed E-state index contributed by atoms with van der Waals surface area (Å²) >= 11 is 1.68. The highest BCUT2D eigenvalue weighted by molar-refractivity contribution is 7.10. The predicted molar refractivity (Wildman–Crippen MR) is 85.5 cm³/mol. The molecule has 0 atom stereocenters. The van der Waals surface area contributed by atoms with Crippen LogP contribution >= 0.6 is 11.3 Å². The van der Waals surface area contributed by atoms with Gasteiger partial charge in [0, 0.05) is 16.8 Å². The van der Waals surface area contributed by atoms with Gasteiger partial charge < -0.3 is 10.4 Å². The van der Waals surface area contributed by atoms with Crippen molar-refractivity contribution in [2.24, 2.45) is 0 Å². The van der Waals surface area contributed by atoms with Gasteiger partial charge in [0.05, 0.1) is 11.1 Å². The number of aromatic carboxylic acids is 1. The minimum atomic E-state index is -0.944. The van der Waals surface area contributed by atoms with E-state index in [2.05, 4.69) is 5.32 Å².